The minimum Gasteiger partial charge on any atom is -0.493 e. The molecule has 2 amide bonds. The molecule has 0 atom stereocenters. The van der Waals surface area contributed by atoms with Gasteiger partial charge in [-0.15, -0.1) is 0 Å². The van der Waals surface area contributed by atoms with Gasteiger partial charge in [0.25, 0.3) is 11.8 Å². The SMILES string of the molecule is COc1cc(/C=C2\SC(=S)N(c3cccc(Cl)c3)C2=O)ccc1OCC(=O)Nc1ccc(C)c(C)c1. The molecule has 9 heteroatoms. The van der Waals surface area contributed by atoms with Crippen LogP contribution in [0.15, 0.2) is 65.6 Å². The Morgan fingerprint density at radius 3 is 2.61 bits per heavy atom. The highest BCUT2D eigenvalue weighted by Crippen LogP contribution is 2.37. The fourth-order valence-corrected chi connectivity index (χ4v) is 4.99. The highest BCUT2D eigenvalue weighted by molar-refractivity contribution is 8.27. The number of amides is 2. The first-order chi connectivity index (χ1) is 17.2. The maximum Gasteiger partial charge on any atom is 0.270 e. The number of thiocarbonyl (C=S) groups is 1. The van der Waals surface area contributed by atoms with Crippen LogP contribution >= 0.6 is 35.6 Å². The van der Waals surface area contributed by atoms with Crippen molar-refractivity contribution in [2.24, 2.45) is 0 Å². The largest absolute Gasteiger partial charge is 0.493 e. The van der Waals surface area contributed by atoms with E-state index in [4.69, 9.17) is 33.3 Å². The molecule has 0 radical (unpaired) electrons. The van der Waals surface area contributed by atoms with E-state index in [1.165, 1.54) is 23.8 Å². The highest BCUT2D eigenvalue weighted by Gasteiger charge is 2.33. The zero-order valence-electron chi connectivity index (χ0n) is 19.8. The minimum atomic E-state index is -0.283. The molecule has 1 aliphatic heterocycles. The van der Waals surface area contributed by atoms with E-state index < -0.39 is 0 Å². The summed E-state index contributed by atoms with van der Waals surface area (Å²) in [6.45, 7) is 3.82. The molecule has 1 aliphatic rings. The molecule has 3 aromatic rings. The second-order valence-corrected chi connectivity index (χ2v) is 10.2. The molecule has 3 aromatic carbocycles. The number of benzene rings is 3. The van der Waals surface area contributed by atoms with Gasteiger partial charge in [0.2, 0.25) is 0 Å². The standard InChI is InChI=1S/C27H23ClN2O4S2/c1-16-7-9-20(11-17(16)2)29-25(31)15-34-22-10-8-18(12-23(22)33-3)13-24-26(32)30(27(35)36-24)21-6-4-5-19(28)14-21/h4-14H,15H2,1-3H3,(H,29,31)/b24-13-. The van der Waals surface area contributed by atoms with E-state index in [0.717, 1.165) is 16.7 Å². The molecule has 0 aromatic heterocycles. The van der Waals surface area contributed by atoms with Gasteiger partial charge in [-0.2, -0.15) is 0 Å². The van der Waals surface area contributed by atoms with Crippen molar-refractivity contribution in [3.8, 4) is 11.5 Å². The summed E-state index contributed by atoms with van der Waals surface area (Å²) >= 11 is 12.7. The van der Waals surface area contributed by atoms with Gasteiger partial charge < -0.3 is 14.8 Å². The topological polar surface area (TPSA) is 67.9 Å². The van der Waals surface area contributed by atoms with Crippen molar-refractivity contribution in [1.29, 1.82) is 0 Å². The fourth-order valence-electron chi connectivity index (χ4n) is 3.51. The first-order valence-corrected chi connectivity index (χ1v) is 12.6. The maximum absolute atomic E-state index is 13.0. The van der Waals surface area contributed by atoms with Crippen LogP contribution in [0.5, 0.6) is 11.5 Å². The third-order valence-electron chi connectivity index (χ3n) is 5.49. The van der Waals surface area contributed by atoms with Crippen LogP contribution in [0.1, 0.15) is 16.7 Å². The van der Waals surface area contributed by atoms with E-state index in [9.17, 15) is 9.59 Å². The van der Waals surface area contributed by atoms with Gasteiger partial charge >= 0.3 is 0 Å². The van der Waals surface area contributed by atoms with Crippen LogP contribution in [0.4, 0.5) is 11.4 Å². The van der Waals surface area contributed by atoms with Crippen molar-refractivity contribution in [1.82, 2.24) is 0 Å². The van der Waals surface area contributed by atoms with Gasteiger partial charge in [-0.25, -0.2) is 0 Å². The number of nitrogens with zero attached hydrogens (tertiary/aromatic N) is 1. The third kappa shape index (κ3) is 5.90. The van der Waals surface area contributed by atoms with Gasteiger partial charge in [-0.05, 0) is 79.1 Å². The lowest BCUT2D eigenvalue weighted by molar-refractivity contribution is -0.118. The van der Waals surface area contributed by atoms with E-state index in [0.29, 0.717) is 37.1 Å². The monoisotopic (exact) mass is 538 g/mol. The van der Waals surface area contributed by atoms with Crippen LogP contribution in [0.2, 0.25) is 5.02 Å². The molecule has 0 bridgehead atoms. The van der Waals surface area contributed by atoms with Gasteiger partial charge in [0.05, 0.1) is 17.7 Å². The van der Waals surface area contributed by atoms with Gasteiger partial charge in [0.15, 0.2) is 22.4 Å². The Morgan fingerprint density at radius 2 is 1.89 bits per heavy atom. The van der Waals surface area contributed by atoms with Crippen LogP contribution < -0.4 is 19.7 Å². The zero-order chi connectivity index (χ0) is 25.8. The number of hydrogen-bond acceptors (Lipinski definition) is 6. The summed E-state index contributed by atoms with van der Waals surface area (Å²) in [5.74, 6) is 0.341. The number of aryl methyl sites for hydroxylation is 2. The number of thioether (sulfide) groups is 1. The molecule has 4 rings (SSSR count). The van der Waals surface area contributed by atoms with Gasteiger partial charge in [-0.1, -0.05) is 53.8 Å². The molecule has 0 aliphatic carbocycles. The highest BCUT2D eigenvalue weighted by atomic mass is 35.5. The Hall–Kier alpha value is -3.33. The van der Waals surface area contributed by atoms with Crippen molar-refractivity contribution < 1.29 is 19.1 Å². The van der Waals surface area contributed by atoms with E-state index in [-0.39, 0.29) is 18.4 Å². The van der Waals surface area contributed by atoms with Crippen LogP contribution in [0.25, 0.3) is 6.08 Å². The Morgan fingerprint density at radius 1 is 1.08 bits per heavy atom. The number of hydrogen-bond donors (Lipinski definition) is 1. The Kier molecular flexibility index (Phi) is 7.98. The first-order valence-electron chi connectivity index (χ1n) is 11.0. The van der Waals surface area contributed by atoms with E-state index >= 15 is 0 Å². The summed E-state index contributed by atoms with van der Waals surface area (Å²) in [7, 11) is 1.51. The number of carbonyl (C=O) groups is 2. The number of methoxy groups -OCH3 is 1. The molecule has 0 spiro atoms. The second-order valence-electron chi connectivity index (χ2n) is 8.04. The van der Waals surface area contributed by atoms with Crippen LogP contribution in [0.3, 0.4) is 0 Å². The average molecular weight is 539 g/mol. The third-order valence-corrected chi connectivity index (χ3v) is 7.03. The molecule has 0 unspecified atom stereocenters. The fraction of sp³-hybridized carbons (Fsp3) is 0.148. The Balaban J connectivity index is 1.45. The van der Waals surface area contributed by atoms with E-state index in [1.807, 2.05) is 32.0 Å². The molecule has 1 fully saturated rings. The lowest BCUT2D eigenvalue weighted by atomic mass is 10.1. The summed E-state index contributed by atoms with van der Waals surface area (Å²) < 4.78 is 11.6. The average Bonchev–Trinajstić information content (AvgIpc) is 3.12. The number of anilines is 2. The number of nitrogens with one attached hydrogen (secondary N) is 1. The summed E-state index contributed by atoms with van der Waals surface area (Å²) in [5, 5.41) is 3.35. The van der Waals surface area contributed by atoms with E-state index in [1.54, 1.807) is 48.5 Å². The van der Waals surface area contributed by atoms with Gasteiger partial charge in [0, 0.05) is 10.7 Å². The normalized spacial score (nSPS) is 14.3. The zero-order valence-corrected chi connectivity index (χ0v) is 22.2. The lowest BCUT2D eigenvalue weighted by Gasteiger charge is -2.14. The minimum absolute atomic E-state index is 0.180. The molecule has 1 heterocycles. The molecule has 184 valence electrons. The maximum atomic E-state index is 13.0. The summed E-state index contributed by atoms with van der Waals surface area (Å²) in [4.78, 5) is 27.3. The lowest BCUT2D eigenvalue weighted by Crippen LogP contribution is -2.27. The first kappa shape index (κ1) is 25.8. The number of ether oxygens (including phenoxy) is 2. The predicted molar refractivity (Wildman–Crippen MR) is 150 cm³/mol. The summed E-state index contributed by atoms with van der Waals surface area (Å²) in [5.41, 5.74) is 4.31. The molecule has 6 nitrogen and oxygen atoms in total. The van der Waals surface area contributed by atoms with Crippen LogP contribution in [-0.4, -0.2) is 29.9 Å². The van der Waals surface area contributed by atoms with Crippen molar-refractivity contribution in [3.63, 3.8) is 0 Å². The quantitative estimate of drug-likeness (QED) is 0.278. The molecular weight excluding hydrogens is 516 g/mol. The molecule has 36 heavy (non-hydrogen) atoms. The number of rotatable bonds is 7. The van der Waals surface area contributed by atoms with Crippen molar-refractivity contribution in [2.45, 2.75) is 13.8 Å². The predicted octanol–water partition coefficient (Wildman–Crippen LogP) is 6.39. The Labute approximate surface area is 224 Å². The molecule has 1 saturated heterocycles. The second kappa shape index (κ2) is 11.2. The summed E-state index contributed by atoms with van der Waals surface area (Å²) in [6.07, 6.45) is 1.74. The van der Waals surface area contributed by atoms with Gasteiger partial charge in [0.1, 0.15) is 0 Å². The number of halogens is 1. The molecular formula is C27H23ClN2O4S2. The summed E-state index contributed by atoms with van der Waals surface area (Å²) in [6, 6.07) is 17.9. The Bertz CT molecular complexity index is 1390. The van der Waals surface area contributed by atoms with Crippen molar-refractivity contribution in [3.05, 3.63) is 87.3 Å². The van der Waals surface area contributed by atoms with Crippen LogP contribution in [-0.2, 0) is 9.59 Å². The smallest absolute Gasteiger partial charge is 0.270 e. The van der Waals surface area contributed by atoms with Crippen molar-refractivity contribution in [2.75, 3.05) is 23.9 Å². The van der Waals surface area contributed by atoms with Crippen LogP contribution in [0, 0.1) is 13.8 Å². The molecule has 1 N–H and O–H groups in total. The number of carbonyl (C=O) groups excluding carboxylic acids is 2. The molecule has 0 saturated carbocycles. The van der Waals surface area contributed by atoms with E-state index in [2.05, 4.69) is 5.32 Å². The van der Waals surface area contributed by atoms with Gasteiger partial charge in [-0.3, -0.25) is 14.5 Å². The van der Waals surface area contributed by atoms with Crippen molar-refractivity contribution >= 4 is 69.2 Å².